The maximum atomic E-state index is 10.9. The third kappa shape index (κ3) is 5.99. The van der Waals surface area contributed by atoms with Gasteiger partial charge in [0.2, 0.25) is 5.89 Å². The number of nitrogens with zero attached hydrogens (tertiary/aromatic N) is 1. The summed E-state index contributed by atoms with van der Waals surface area (Å²) in [7, 11) is 0. The van der Waals surface area contributed by atoms with Gasteiger partial charge in [-0.2, -0.15) is 0 Å². The number of carboxylic acids is 1. The summed E-state index contributed by atoms with van der Waals surface area (Å²) in [6.45, 7) is 5.62. The number of aromatic nitrogens is 1. The molecule has 0 saturated heterocycles. The Morgan fingerprint density at radius 1 is 1.12 bits per heavy atom. The lowest BCUT2D eigenvalue weighted by atomic mass is 10.1. The largest absolute Gasteiger partial charge is 0.479 e. The molecule has 0 amide bonds. The molecule has 0 spiro atoms. The lowest BCUT2D eigenvalue weighted by Gasteiger charge is -2.19. The van der Waals surface area contributed by atoms with E-state index < -0.39 is 11.6 Å². The first-order valence-corrected chi connectivity index (χ1v) is 9.29. The third-order valence-electron chi connectivity index (χ3n) is 4.45. The summed E-state index contributed by atoms with van der Waals surface area (Å²) >= 11 is 0. The topological polar surface area (TPSA) is 72.6 Å². The van der Waals surface area contributed by atoms with Gasteiger partial charge in [-0.1, -0.05) is 37.5 Å². The fraction of sp³-hybridized carbons (Fsp3) is 0.524. The summed E-state index contributed by atoms with van der Waals surface area (Å²) < 4.78 is 11.2. The number of carbonyl (C=O) groups is 1. The summed E-state index contributed by atoms with van der Waals surface area (Å²) in [6.07, 6.45) is 6.16. The van der Waals surface area contributed by atoms with Crippen LogP contribution in [0.25, 0.3) is 11.5 Å². The number of aryl methyl sites for hydroxylation is 2. The second kappa shape index (κ2) is 9.53. The van der Waals surface area contributed by atoms with Crippen molar-refractivity contribution in [1.29, 1.82) is 0 Å². The van der Waals surface area contributed by atoms with Crippen LogP contribution < -0.4 is 0 Å². The van der Waals surface area contributed by atoms with Crippen LogP contribution in [0.1, 0.15) is 57.4 Å². The van der Waals surface area contributed by atoms with Crippen LogP contribution >= 0.6 is 0 Å². The van der Waals surface area contributed by atoms with E-state index >= 15 is 0 Å². The van der Waals surface area contributed by atoms with E-state index in [-0.39, 0.29) is 0 Å². The summed E-state index contributed by atoms with van der Waals surface area (Å²) in [6, 6.07) is 9.95. The van der Waals surface area contributed by atoms with Gasteiger partial charge >= 0.3 is 5.97 Å². The summed E-state index contributed by atoms with van der Waals surface area (Å²) in [5.41, 5.74) is 0.947. The fourth-order valence-corrected chi connectivity index (χ4v) is 2.68. The molecule has 1 aromatic heterocycles. The molecular weight excluding hydrogens is 330 g/mol. The molecule has 5 nitrogen and oxygen atoms in total. The van der Waals surface area contributed by atoms with Gasteiger partial charge in [0.1, 0.15) is 5.76 Å². The molecule has 0 unspecified atom stereocenters. The second-order valence-electron chi connectivity index (χ2n) is 7.07. The molecule has 142 valence electrons. The molecule has 0 radical (unpaired) electrons. The smallest absolute Gasteiger partial charge is 0.335 e. The average Bonchev–Trinajstić information content (AvgIpc) is 2.98. The number of benzene rings is 1. The molecule has 1 N–H and O–H groups in total. The molecule has 26 heavy (non-hydrogen) atoms. The van der Waals surface area contributed by atoms with E-state index in [0.717, 1.165) is 55.5 Å². The van der Waals surface area contributed by atoms with Crippen LogP contribution in [-0.4, -0.2) is 28.3 Å². The number of hydrogen-bond acceptors (Lipinski definition) is 4. The van der Waals surface area contributed by atoms with Crippen molar-refractivity contribution in [3.8, 4) is 11.5 Å². The zero-order valence-electron chi connectivity index (χ0n) is 16.0. The number of unbranched alkanes of at least 4 members (excludes halogenated alkanes) is 4. The van der Waals surface area contributed by atoms with Crippen molar-refractivity contribution in [2.75, 3.05) is 6.61 Å². The Hall–Kier alpha value is -2.14. The fourth-order valence-electron chi connectivity index (χ4n) is 2.68. The molecule has 2 rings (SSSR count). The van der Waals surface area contributed by atoms with Crippen molar-refractivity contribution in [2.45, 2.75) is 64.9 Å². The van der Waals surface area contributed by atoms with Crippen LogP contribution in [0.2, 0.25) is 0 Å². The third-order valence-corrected chi connectivity index (χ3v) is 4.45. The quantitative estimate of drug-likeness (QED) is 0.570. The normalized spacial score (nSPS) is 11.7. The minimum Gasteiger partial charge on any atom is -0.479 e. The van der Waals surface area contributed by atoms with E-state index in [2.05, 4.69) is 4.98 Å². The van der Waals surface area contributed by atoms with Crippen molar-refractivity contribution >= 4 is 5.97 Å². The number of oxazole rings is 1. The number of carboxylic acid groups (broad SMARTS) is 1. The van der Waals surface area contributed by atoms with Gasteiger partial charge in [0, 0.05) is 12.2 Å². The molecule has 0 aliphatic heterocycles. The molecule has 1 aromatic carbocycles. The van der Waals surface area contributed by atoms with Crippen LogP contribution in [0, 0.1) is 6.92 Å². The zero-order chi connectivity index (χ0) is 19.0. The Balaban J connectivity index is 1.63. The SMILES string of the molecule is Cc1oc(-c2ccccc2)nc1CCCCCCCOC(C)(C)C(=O)O. The Kier molecular flexibility index (Phi) is 7.39. The van der Waals surface area contributed by atoms with Crippen molar-refractivity contribution in [3.63, 3.8) is 0 Å². The maximum Gasteiger partial charge on any atom is 0.335 e. The molecule has 5 heteroatoms. The first-order chi connectivity index (χ1) is 12.4. The summed E-state index contributed by atoms with van der Waals surface area (Å²) in [5, 5.41) is 8.98. The highest BCUT2D eigenvalue weighted by molar-refractivity contribution is 5.76. The highest BCUT2D eigenvalue weighted by Gasteiger charge is 2.27. The van der Waals surface area contributed by atoms with Crippen LogP contribution in [0.4, 0.5) is 0 Å². The molecule has 0 aliphatic carbocycles. The zero-order valence-corrected chi connectivity index (χ0v) is 16.0. The van der Waals surface area contributed by atoms with Crippen LogP contribution in [0.5, 0.6) is 0 Å². The monoisotopic (exact) mass is 359 g/mol. The van der Waals surface area contributed by atoms with Crippen molar-refractivity contribution in [3.05, 3.63) is 41.8 Å². The molecule has 0 atom stereocenters. The molecule has 0 fully saturated rings. The average molecular weight is 359 g/mol. The van der Waals surface area contributed by atoms with E-state index in [1.807, 2.05) is 37.3 Å². The Morgan fingerprint density at radius 3 is 2.46 bits per heavy atom. The van der Waals surface area contributed by atoms with Crippen molar-refractivity contribution in [2.24, 2.45) is 0 Å². The highest BCUT2D eigenvalue weighted by Crippen LogP contribution is 2.22. The first kappa shape index (κ1) is 20.2. The predicted octanol–water partition coefficient (Wildman–Crippen LogP) is 5.02. The lowest BCUT2D eigenvalue weighted by molar-refractivity contribution is -0.161. The van der Waals surface area contributed by atoms with E-state index in [9.17, 15) is 4.79 Å². The predicted molar refractivity (Wildman–Crippen MR) is 101 cm³/mol. The molecule has 0 saturated carbocycles. The van der Waals surface area contributed by atoms with E-state index in [1.54, 1.807) is 13.8 Å². The standard InChI is InChI=1S/C21H29NO4/c1-16-18(22-19(26-16)17-12-8-7-9-13-17)14-10-5-4-6-11-15-25-21(2,3)20(23)24/h7-9,12-13H,4-6,10-11,14-15H2,1-3H3,(H,23,24). The van der Waals surface area contributed by atoms with Crippen molar-refractivity contribution in [1.82, 2.24) is 4.98 Å². The summed E-state index contributed by atoms with van der Waals surface area (Å²) in [5.74, 6) is 0.666. The molecule has 1 heterocycles. The maximum absolute atomic E-state index is 10.9. The van der Waals surface area contributed by atoms with Crippen LogP contribution in [0.15, 0.2) is 34.7 Å². The molecule has 0 bridgehead atoms. The molecule has 2 aromatic rings. The Morgan fingerprint density at radius 2 is 1.77 bits per heavy atom. The number of rotatable bonds is 11. The summed E-state index contributed by atoms with van der Waals surface area (Å²) in [4.78, 5) is 15.6. The first-order valence-electron chi connectivity index (χ1n) is 9.29. The van der Waals surface area contributed by atoms with Crippen LogP contribution in [-0.2, 0) is 16.0 Å². The van der Waals surface area contributed by atoms with Crippen LogP contribution in [0.3, 0.4) is 0 Å². The van der Waals surface area contributed by atoms with Gasteiger partial charge in [0.05, 0.1) is 5.69 Å². The lowest BCUT2D eigenvalue weighted by Crippen LogP contribution is -2.35. The van der Waals surface area contributed by atoms with E-state index in [0.29, 0.717) is 12.5 Å². The number of ether oxygens (including phenoxy) is 1. The van der Waals surface area contributed by atoms with E-state index in [4.69, 9.17) is 14.3 Å². The Bertz CT molecular complexity index is 691. The number of hydrogen-bond donors (Lipinski definition) is 1. The minimum atomic E-state index is -1.10. The van der Waals surface area contributed by atoms with Gasteiger partial charge in [-0.15, -0.1) is 0 Å². The second-order valence-corrected chi connectivity index (χ2v) is 7.07. The van der Waals surface area contributed by atoms with Gasteiger partial charge in [0.15, 0.2) is 5.60 Å². The molecular formula is C21H29NO4. The highest BCUT2D eigenvalue weighted by atomic mass is 16.5. The van der Waals surface area contributed by atoms with Gasteiger partial charge in [-0.05, 0) is 52.2 Å². The van der Waals surface area contributed by atoms with Gasteiger partial charge in [0.25, 0.3) is 0 Å². The van der Waals surface area contributed by atoms with Gasteiger partial charge < -0.3 is 14.3 Å². The minimum absolute atomic E-state index is 0.488. The molecule has 0 aliphatic rings. The van der Waals surface area contributed by atoms with Crippen molar-refractivity contribution < 1.29 is 19.1 Å². The Labute approximate surface area is 155 Å². The van der Waals surface area contributed by atoms with Gasteiger partial charge in [-0.25, -0.2) is 9.78 Å². The number of aliphatic carboxylic acids is 1. The van der Waals surface area contributed by atoms with Gasteiger partial charge in [-0.3, -0.25) is 0 Å². The van der Waals surface area contributed by atoms with E-state index in [1.165, 1.54) is 0 Å².